The van der Waals surface area contributed by atoms with E-state index in [0.717, 1.165) is 64.3 Å². The van der Waals surface area contributed by atoms with Crippen molar-refractivity contribution in [2.45, 2.75) is 44.1 Å². The Balaban J connectivity index is 1.33. The summed E-state index contributed by atoms with van der Waals surface area (Å²) in [6, 6.07) is 0. The van der Waals surface area contributed by atoms with Crippen LogP contribution in [0.2, 0.25) is 0 Å². The van der Waals surface area contributed by atoms with E-state index < -0.39 is 0 Å². The maximum absolute atomic E-state index is 6.21. The molecule has 7 heteroatoms. The summed E-state index contributed by atoms with van der Waals surface area (Å²) in [5.74, 6) is 0. The van der Waals surface area contributed by atoms with Crippen LogP contribution in [-0.2, 0) is 33.7 Å². The highest BCUT2D eigenvalue weighted by Gasteiger charge is 2.46. The third-order valence-electron chi connectivity index (χ3n) is 4.99. The minimum atomic E-state index is 0.0505. The van der Waals surface area contributed by atoms with Crippen LogP contribution in [0.3, 0.4) is 0 Å². The topological polar surface area (TPSA) is 61.6 Å². The number of hydrogen-bond donors (Lipinski definition) is 0. The zero-order valence-electron chi connectivity index (χ0n) is 13.2. The van der Waals surface area contributed by atoms with Gasteiger partial charge in [-0.2, -0.15) is 0 Å². The molecule has 0 radical (unpaired) electrons. The lowest BCUT2D eigenvalue weighted by Crippen LogP contribution is -2.50. The third-order valence-corrected chi connectivity index (χ3v) is 4.99. The van der Waals surface area contributed by atoms with Crippen LogP contribution in [-0.4, -0.2) is 71.6 Å². The lowest BCUT2D eigenvalue weighted by atomic mass is 9.98. The first kappa shape index (κ1) is 14.6. The van der Waals surface area contributed by atoms with Crippen molar-refractivity contribution in [2.24, 2.45) is 0 Å². The van der Waals surface area contributed by atoms with Crippen molar-refractivity contribution in [1.29, 1.82) is 0 Å². The first-order valence-corrected chi connectivity index (χ1v) is 8.16. The van der Waals surface area contributed by atoms with Crippen molar-refractivity contribution in [3.63, 3.8) is 0 Å². The average molecular weight is 308 g/mol. The lowest BCUT2D eigenvalue weighted by Gasteiger charge is -2.38. The van der Waals surface area contributed by atoms with E-state index in [9.17, 15) is 0 Å². The number of aromatic nitrogens is 3. The Labute approximate surface area is 130 Å². The molecule has 2 fully saturated rings. The van der Waals surface area contributed by atoms with Gasteiger partial charge in [0.15, 0.2) is 0 Å². The smallest absolute Gasteiger partial charge is 0.115 e. The summed E-state index contributed by atoms with van der Waals surface area (Å²) in [4.78, 5) is 2.45. The molecule has 4 heterocycles. The van der Waals surface area contributed by atoms with E-state index in [-0.39, 0.29) is 5.60 Å². The predicted octanol–water partition coefficient (Wildman–Crippen LogP) is 0.231. The van der Waals surface area contributed by atoms with Gasteiger partial charge in [0.2, 0.25) is 0 Å². The number of methoxy groups -OCH3 is 1. The highest BCUT2D eigenvalue weighted by atomic mass is 16.6. The van der Waals surface area contributed by atoms with Crippen LogP contribution >= 0.6 is 0 Å². The van der Waals surface area contributed by atoms with Crippen LogP contribution in [0.4, 0.5) is 0 Å². The van der Waals surface area contributed by atoms with Crippen LogP contribution in [0.15, 0.2) is 0 Å². The second-order valence-electron chi connectivity index (χ2n) is 6.64. The van der Waals surface area contributed by atoms with Gasteiger partial charge in [-0.25, -0.2) is 4.68 Å². The van der Waals surface area contributed by atoms with Gasteiger partial charge in [-0.1, -0.05) is 5.21 Å². The highest BCUT2D eigenvalue weighted by molar-refractivity contribution is 5.14. The standard InChI is InChI=1S/C15H24N4O3/c1-20-7-6-19-14-3-5-18(9-13(14)16-17-19)8-12-2-4-15(22-12)10-21-11-15/h12H,2-11H2,1H3/t12-/m1/s1. The average Bonchev–Trinajstić information content (AvgIpc) is 3.09. The number of fused-ring (bicyclic) bond motifs is 1. The molecule has 4 rings (SSSR count). The molecule has 0 aliphatic carbocycles. The minimum absolute atomic E-state index is 0.0505. The van der Waals surface area contributed by atoms with Gasteiger partial charge < -0.3 is 14.2 Å². The first-order chi connectivity index (χ1) is 10.8. The van der Waals surface area contributed by atoms with Crippen molar-refractivity contribution < 1.29 is 14.2 Å². The van der Waals surface area contributed by atoms with Crippen LogP contribution in [0.25, 0.3) is 0 Å². The monoisotopic (exact) mass is 308 g/mol. The summed E-state index contributed by atoms with van der Waals surface area (Å²) in [5, 5.41) is 8.60. The summed E-state index contributed by atoms with van der Waals surface area (Å²) < 4.78 is 18.6. The summed E-state index contributed by atoms with van der Waals surface area (Å²) in [6.07, 6.45) is 3.64. The SMILES string of the molecule is COCCn1nnc2c1CCN(C[C@H]1CCC3(COC3)O1)C2. The quantitative estimate of drug-likeness (QED) is 0.776. The molecule has 1 aromatic heterocycles. The van der Waals surface area contributed by atoms with Crippen molar-refractivity contribution >= 4 is 0 Å². The van der Waals surface area contributed by atoms with Gasteiger partial charge in [0.05, 0.1) is 43.9 Å². The molecule has 7 nitrogen and oxygen atoms in total. The Kier molecular flexibility index (Phi) is 3.89. The summed E-state index contributed by atoms with van der Waals surface area (Å²) >= 11 is 0. The van der Waals surface area contributed by atoms with E-state index in [1.807, 2.05) is 4.68 Å². The van der Waals surface area contributed by atoms with Crippen LogP contribution in [0, 0.1) is 0 Å². The molecule has 1 atom stereocenters. The number of ether oxygens (including phenoxy) is 3. The Morgan fingerprint density at radius 3 is 3.05 bits per heavy atom. The molecule has 0 N–H and O–H groups in total. The Morgan fingerprint density at radius 1 is 1.41 bits per heavy atom. The molecule has 22 heavy (non-hydrogen) atoms. The molecule has 122 valence electrons. The lowest BCUT2D eigenvalue weighted by molar-refractivity contribution is -0.202. The Bertz CT molecular complexity index is 529. The largest absolute Gasteiger partial charge is 0.383 e. The van der Waals surface area contributed by atoms with Crippen molar-refractivity contribution in [2.75, 3.05) is 40.0 Å². The minimum Gasteiger partial charge on any atom is -0.383 e. The summed E-state index contributed by atoms with van der Waals surface area (Å²) in [5.41, 5.74) is 2.43. The van der Waals surface area contributed by atoms with E-state index in [1.165, 1.54) is 5.69 Å². The second kappa shape index (κ2) is 5.88. The van der Waals surface area contributed by atoms with E-state index in [2.05, 4.69) is 15.2 Å². The summed E-state index contributed by atoms with van der Waals surface area (Å²) in [7, 11) is 1.71. The fourth-order valence-corrected chi connectivity index (χ4v) is 3.69. The summed E-state index contributed by atoms with van der Waals surface area (Å²) in [6.45, 7) is 5.95. The fraction of sp³-hybridized carbons (Fsp3) is 0.867. The Hall–Kier alpha value is -1.02. The van der Waals surface area contributed by atoms with Gasteiger partial charge in [0.1, 0.15) is 5.60 Å². The molecular formula is C15H24N4O3. The van der Waals surface area contributed by atoms with E-state index in [1.54, 1.807) is 7.11 Å². The van der Waals surface area contributed by atoms with Gasteiger partial charge in [0.25, 0.3) is 0 Å². The molecule has 3 aliphatic rings. The molecule has 3 aliphatic heterocycles. The van der Waals surface area contributed by atoms with Crippen LogP contribution in [0.5, 0.6) is 0 Å². The maximum atomic E-state index is 6.21. The van der Waals surface area contributed by atoms with E-state index in [0.29, 0.717) is 12.7 Å². The van der Waals surface area contributed by atoms with Gasteiger partial charge in [-0.05, 0) is 12.8 Å². The maximum Gasteiger partial charge on any atom is 0.115 e. The van der Waals surface area contributed by atoms with E-state index >= 15 is 0 Å². The first-order valence-electron chi connectivity index (χ1n) is 8.16. The molecular weight excluding hydrogens is 284 g/mol. The van der Waals surface area contributed by atoms with Gasteiger partial charge >= 0.3 is 0 Å². The zero-order valence-corrected chi connectivity index (χ0v) is 13.2. The number of hydrogen-bond acceptors (Lipinski definition) is 6. The van der Waals surface area contributed by atoms with Crippen molar-refractivity contribution in [3.8, 4) is 0 Å². The zero-order chi connectivity index (χ0) is 15.0. The highest BCUT2D eigenvalue weighted by Crippen LogP contribution is 2.36. The van der Waals surface area contributed by atoms with Gasteiger partial charge in [0, 0.05) is 33.2 Å². The molecule has 0 saturated carbocycles. The molecule has 0 unspecified atom stereocenters. The van der Waals surface area contributed by atoms with E-state index in [4.69, 9.17) is 14.2 Å². The molecule has 1 spiro atoms. The molecule has 0 bridgehead atoms. The number of rotatable bonds is 5. The fourth-order valence-electron chi connectivity index (χ4n) is 3.69. The second-order valence-corrected chi connectivity index (χ2v) is 6.64. The predicted molar refractivity (Wildman–Crippen MR) is 78.5 cm³/mol. The van der Waals surface area contributed by atoms with Crippen molar-refractivity contribution in [3.05, 3.63) is 11.4 Å². The third kappa shape index (κ3) is 2.67. The van der Waals surface area contributed by atoms with Crippen molar-refractivity contribution in [1.82, 2.24) is 19.9 Å². The molecule has 0 amide bonds. The number of nitrogens with zero attached hydrogens (tertiary/aromatic N) is 4. The van der Waals surface area contributed by atoms with Gasteiger partial charge in [-0.15, -0.1) is 5.10 Å². The molecule has 2 saturated heterocycles. The Morgan fingerprint density at radius 2 is 2.32 bits per heavy atom. The van der Waals surface area contributed by atoms with Crippen LogP contribution in [0.1, 0.15) is 24.2 Å². The molecule has 0 aromatic carbocycles. The van der Waals surface area contributed by atoms with Crippen LogP contribution < -0.4 is 0 Å². The molecule has 1 aromatic rings. The van der Waals surface area contributed by atoms with Gasteiger partial charge in [-0.3, -0.25) is 4.90 Å². The normalized spacial score (nSPS) is 27.0.